The van der Waals surface area contributed by atoms with Gasteiger partial charge < -0.3 is 9.42 Å². The van der Waals surface area contributed by atoms with Crippen molar-refractivity contribution in [2.45, 2.75) is 81.7 Å². The minimum atomic E-state index is -4.37. The Morgan fingerprint density at radius 2 is 1.91 bits per heavy atom. The maximum atomic E-state index is 13.5. The van der Waals surface area contributed by atoms with E-state index in [0.717, 1.165) is 48.7 Å². The van der Waals surface area contributed by atoms with E-state index >= 15 is 0 Å². The zero-order chi connectivity index (χ0) is 23.5. The first kappa shape index (κ1) is 22.9. The summed E-state index contributed by atoms with van der Waals surface area (Å²) in [5.41, 5.74) is -1.54. The summed E-state index contributed by atoms with van der Waals surface area (Å²) in [6.07, 6.45) is 1.06. The topological polar surface area (TPSA) is 59.2 Å². The predicted octanol–water partition coefficient (Wildman–Crippen LogP) is 6.46. The van der Waals surface area contributed by atoms with Crippen LogP contribution in [0.25, 0.3) is 0 Å². The molecule has 0 unspecified atom stereocenters. The average molecular weight is 526 g/mol. The Balaban J connectivity index is 1.38. The van der Waals surface area contributed by atoms with Gasteiger partial charge in [0.05, 0.1) is 0 Å². The number of rotatable bonds is 7. The second-order valence-electron chi connectivity index (χ2n) is 10.2. The Morgan fingerprint density at radius 3 is 2.52 bits per heavy atom. The molecule has 3 saturated carbocycles. The number of hydrogen-bond donors (Lipinski definition) is 0. The Labute approximate surface area is 199 Å². The van der Waals surface area contributed by atoms with Crippen LogP contribution in [0.1, 0.15) is 76.4 Å². The molecule has 1 aromatic heterocycles. The van der Waals surface area contributed by atoms with Crippen molar-refractivity contribution in [1.29, 1.82) is 0 Å². The third-order valence-corrected chi connectivity index (χ3v) is 8.46. The summed E-state index contributed by atoms with van der Waals surface area (Å²) in [6.45, 7) is 2.59. The molecular weight excluding hydrogens is 499 g/mol. The fraction of sp³-hybridized carbons (Fsp3) is 0.625. The molecule has 3 aliphatic rings. The van der Waals surface area contributed by atoms with Gasteiger partial charge in [-0.15, -0.1) is 0 Å². The molecule has 33 heavy (non-hydrogen) atoms. The number of benzene rings is 1. The molecule has 1 amide bonds. The van der Waals surface area contributed by atoms with Gasteiger partial charge in [-0.2, -0.15) is 18.2 Å². The van der Waals surface area contributed by atoms with E-state index in [1.165, 1.54) is 0 Å². The normalized spacial score (nSPS) is 27.7. The summed E-state index contributed by atoms with van der Waals surface area (Å²) in [4.78, 5) is 19.3. The maximum Gasteiger partial charge on any atom is 0.403 e. The van der Waals surface area contributed by atoms with Gasteiger partial charge in [0.15, 0.2) is 5.82 Å². The van der Waals surface area contributed by atoms with Crippen LogP contribution in [0.3, 0.4) is 0 Å². The van der Waals surface area contributed by atoms with E-state index in [1.54, 1.807) is 0 Å². The molecule has 0 radical (unpaired) electrons. The summed E-state index contributed by atoms with van der Waals surface area (Å²) in [6, 6.07) is 7.76. The number of carbonyl (C=O) groups excluding carboxylic acids is 1. The lowest BCUT2D eigenvalue weighted by atomic mass is 9.81. The van der Waals surface area contributed by atoms with E-state index < -0.39 is 11.6 Å². The minimum Gasteiger partial charge on any atom is -0.338 e. The fourth-order valence-corrected chi connectivity index (χ4v) is 6.26. The summed E-state index contributed by atoms with van der Waals surface area (Å²) >= 11 is 3.50. The van der Waals surface area contributed by atoms with Crippen LogP contribution in [-0.2, 0) is 15.6 Å². The van der Waals surface area contributed by atoms with Crippen molar-refractivity contribution in [3.63, 3.8) is 0 Å². The van der Waals surface area contributed by atoms with Crippen molar-refractivity contribution in [1.82, 2.24) is 10.1 Å². The molecule has 3 fully saturated rings. The van der Waals surface area contributed by atoms with Gasteiger partial charge in [0, 0.05) is 28.5 Å². The van der Waals surface area contributed by atoms with Gasteiger partial charge >= 0.3 is 6.18 Å². The van der Waals surface area contributed by atoms with Gasteiger partial charge in [-0.25, -0.2) is 0 Å². The predicted molar refractivity (Wildman–Crippen MR) is 120 cm³/mol. The molecule has 178 valence electrons. The third kappa shape index (κ3) is 3.80. The lowest BCUT2D eigenvalue weighted by molar-refractivity contribution is -0.166. The van der Waals surface area contributed by atoms with Crippen LogP contribution in [0.5, 0.6) is 0 Å². The Hall–Kier alpha value is -1.90. The molecule has 0 atom stereocenters. The van der Waals surface area contributed by atoms with Gasteiger partial charge in [0.2, 0.25) is 11.8 Å². The van der Waals surface area contributed by atoms with Crippen molar-refractivity contribution >= 4 is 27.5 Å². The Kier molecular flexibility index (Phi) is 5.42. The molecule has 0 saturated heterocycles. The zero-order valence-corrected chi connectivity index (χ0v) is 20.1. The Bertz CT molecular complexity index is 1060. The largest absolute Gasteiger partial charge is 0.403 e. The summed E-state index contributed by atoms with van der Waals surface area (Å²) in [5.74, 6) is 0.232. The quantitative estimate of drug-likeness (QED) is 0.416. The molecule has 0 aliphatic heterocycles. The van der Waals surface area contributed by atoms with E-state index in [2.05, 4.69) is 26.1 Å². The standard InChI is InChI=1S/C24H27BrF3N3O2/c1-2-4-18(32)31(17-6-3-5-16(25)13-17)15-21-7-9-22(14-21,10-8-21)19-29-20(33-30-19)23(11-12-23)24(26,27)28/h3,5-6,13H,2,4,7-12,14-15H2,1H3. The molecule has 3 aliphatic carbocycles. The van der Waals surface area contributed by atoms with Gasteiger partial charge in [0.1, 0.15) is 5.41 Å². The van der Waals surface area contributed by atoms with E-state index in [1.807, 2.05) is 36.1 Å². The number of halogens is 4. The lowest BCUT2D eigenvalue weighted by Gasteiger charge is -2.34. The summed E-state index contributed by atoms with van der Waals surface area (Å²) in [5, 5.41) is 4.06. The summed E-state index contributed by atoms with van der Waals surface area (Å²) in [7, 11) is 0. The molecule has 0 N–H and O–H groups in total. The third-order valence-electron chi connectivity index (χ3n) is 7.96. The van der Waals surface area contributed by atoms with Crippen molar-refractivity contribution in [2.75, 3.05) is 11.4 Å². The van der Waals surface area contributed by atoms with Crippen molar-refractivity contribution in [3.05, 3.63) is 40.5 Å². The second-order valence-corrected chi connectivity index (χ2v) is 11.1. The molecular formula is C24H27BrF3N3O2. The molecule has 2 bridgehead atoms. The molecule has 5 rings (SSSR count). The van der Waals surface area contributed by atoms with E-state index in [-0.39, 0.29) is 35.5 Å². The average Bonchev–Trinajstić information content (AvgIpc) is 3.15. The highest BCUT2D eigenvalue weighted by Crippen LogP contribution is 2.63. The zero-order valence-electron chi connectivity index (χ0n) is 18.6. The van der Waals surface area contributed by atoms with Crippen LogP contribution >= 0.6 is 15.9 Å². The minimum absolute atomic E-state index is 0.0101. The van der Waals surface area contributed by atoms with Crippen molar-refractivity contribution in [2.24, 2.45) is 5.41 Å². The van der Waals surface area contributed by atoms with Crippen LogP contribution in [-0.4, -0.2) is 28.8 Å². The molecule has 9 heteroatoms. The molecule has 1 heterocycles. The second kappa shape index (κ2) is 7.82. The van der Waals surface area contributed by atoms with E-state index in [9.17, 15) is 18.0 Å². The Morgan fingerprint density at radius 1 is 1.18 bits per heavy atom. The van der Waals surface area contributed by atoms with Crippen LogP contribution in [0.15, 0.2) is 33.3 Å². The summed E-state index contributed by atoms with van der Waals surface area (Å²) < 4.78 is 46.7. The van der Waals surface area contributed by atoms with Crippen LogP contribution in [0.4, 0.5) is 18.9 Å². The first-order valence-corrected chi connectivity index (χ1v) is 12.4. The van der Waals surface area contributed by atoms with Gasteiger partial charge in [-0.1, -0.05) is 34.1 Å². The van der Waals surface area contributed by atoms with Crippen molar-refractivity contribution < 1.29 is 22.5 Å². The highest BCUT2D eigenvalue weighted by atomic mass is 79.9. The number of amides is 1. The number of nitrogens with zero attached hydrogens (tertiary/aromatic N) is 3. The maximum absolute atomic E-state index is 13.5. The van der Waals surface area contributed by atoms with Gasteiger partial charge in [0.25, 0.3) is 0 Å². The van der Waals surface area contributed by atoms with Gasteiger partial charge in [-0.3, -0.25) is 4.79 Å². The SMILES string of the molecule is CCCC(=O)N(CC12CCC(c3noc(C4(C(F)(F)F)CC4)n3)(CC1)C2)c1cccc(Br)c1. The van der Waals surface area contributed by atoms with Gasteiger partial charge in [-0.05, 0) is 75.0 Å². The molecule has 0 spiro atoms. The van der Waals surface area contributed by atoms with E-state index in [4.69, 9.17) is 4.52 Å². The number of alkyl halides is 3. The van der Waals surface area contributed by atoms with Crippen LogP contribution in [0, 0.1) is 5.41 Å². The first-order valence-electron chi connectivity index (χ1n) is 11.6. The van der Waals surface area contributed by atoms with Crippen LogP contribution < -0.4 is 4.90 Å². The number of carbonyl (C=O) groups is 1. The molecule has 1 aromatic carbocycles. The number of hydrogen-bond acceptors (Lipinski definition) is 4. The van der Waals surface area contributed by atoms with Crippen molar-refractivity contribution in [3.8, 4) is 0 Å². The fourth-order valence-electron chi connectivity index (χ4n) is 5.88. The number of anilines is 1. The lowest BCUT2D eigenvalue weighted by Crippen LogP contribution is -2.39. The first-order chi connectivity index (χ1) is 15.6. The highest BCUT2D eigenvalue weighted by molar-refractivity contribution is 9.10. The molecule has 5 nitrogen and oxygen atoms in total. The molecule has 2 aromatic rings. The smallest absolute Gasteiger partial charge is 0.338 e. The number of aromatic nitrogens is 2. The van der Waals surface area contributed by atoms with E-state index in [0.29, 0.717) is 18.8 Å². The highest BCUT2D eigenvalue weighted by Gasteiger charge is 2.68. The number of fused-ring (bicyclic) bond motifs is 2. The van der Waals surface area contributed by atoms with Crippen LogP contribution in [0.2, 0.25) is 0 Å². The monoisotopic (exact) mass is 525 g/mol.